The van der Waals surface area contributed by atoms with Crippen LogP contribution >= 0.6 is 0 Å². The highest BCUT2D eigenvalue weighted by atomic mass is 32.2. The molecule has 8 heteroatoms. The first kappa shape index (κ1) is 20.0. The molecule has 0 unspecified atom stereocenters. The van der Waals surface area contributed by atoms with Crippen molar-refractivity contribution >= 4 is 10.0 Å². The molecule has 0 N–H and O–H groups in total. The van der Waals surface area contributed by atoms with Gasteiger partial charge in [-0.3, -0.25) is 0 Å². The van der Waals surface area contributed by atoms with Gasteiger partial charge >= 0.3 is 6.61 Å². The molecule has 0 spiro atoms. The van der Waals surface area contributed by atoms with E-state index in [4.69, 9.17) is 0 Å². The Balaban J connectivity index is 1.37. The van der Waals surface area contributed by atoms with E-state index in [2.05, 4.69) is 16.6 Å². The van der Waals surface area contributed by atoms with Gasteiger partial charge in [-0.25, -0.2) is 8.42 Å². The second-order valence-electron chi connectivity index (χ2n) is 8.54. The fourth-order valence-corrected chi connectivity index (χ4v) is 6.61. The van der Waals surface area contributed by atoms with Gasteiger partial charge in [0.15, 0.2) is 0 Å². The topological polar surface area (TPSA) is 49.9 Å². The predicted molar refractivity (Wildman–Crippen MR) is 102 cm³/mol. The van der Waals surface area contributed by atoms with Crippen molar-refractivity contribution in [2.45, 2.75) is 50.2 Å². The van der Waals surface area contributed by atoms with Crippen molar-refractivity contribution in [3.63, 3.8) is 0 Å². The molecule has 0 bridgehead atoms. The van der Waals surface area contributed by atoms with Crippen molar-refractivity contribution in [3.05, 3.63) is 24.3 Å². The van der Waals surface area contributed by atoms with E-state index in [1.165, 1.54) is 50.2 Å². The first-order valence-corrected chi connectivity index (χ1v) is 11.6. The van der Waals surface area contributed by atoms with E-state index in [0.29, 0.717) is 31.0 Å². The fraction of sp³-hybridized carbons (Fsp3) is 0.700. The van der Waals surface area contributed by atoms with E-state index in [0.717, 1.165) is 18.8 Å². The van der Waals surface area contributed by atoms with Crippen LogP contribution in [-0.4, -0.2) is 56.5 Å². The first-order valence-electron chi connectivity index (χ1n) is 10.1. The summed E-state index contributed by atoms with van der Waals surface area (Å²) in [6.45, 7) is 2.85. The molecule has 1 saturated carbocycles. The lowest BCUT2D eigenvalue weighted by molar-refractivity contribution is -0.0498. The third-order valence-corrected chi connectivity index (χ3v) is 8.56. The highest BCUT2D eigenvalue weighted by molar-refractivity contribution is 7.89. The molecular weight excluding hydrogens is 386 g/mol. The summed E-state index contributed by atoms with van der Waals surface area (Å²) < 4.78 is 56.3. The number of rotatable bonds is 5. The van der Waals surface area contributed by atoms with Crippen LogP contribution in [0.5, 0.6) is 5.75 Å². The van der Waals surface area contributed by atoms with Crippen molar-refractivity contribution in [3.8, 4) is 5.75 Å². The highest BCUT2D eigenvalue weighted by Crippen LogP contribution is 2.42. The quantitative estimate of drug-likeness (QED) is 0.741. The number of nitrogens with zero attached hydrogens (tertiary/aromatic N) is 2. The molecule has 1 aromatic carbocycles. The second kappa shape index (κ2) is 7.88. The van der Waals surface area contributed by atoms with Gasteiger partial charge in [-0.05, 0) is 80.8 Å². The molecule has 4 rings (SSSR count). The summed E-state index contributed by atoms with van der Waals surface area (Å²) in [5.74, 6) is 1.61. The Morgan fingerprint density at radius 3 is 2.14 bits per heavy atom. The number of hydrogen-bond donors (Lipinski definition) is 0. The van der Waals surface area contributed by atoms with Gasteiger partial charge < -0.3 is 9.64 Å². The molecule has 1 aliphatic carbocycles. The number of likely N-dealkylation sites (tertiary alicyclic amines) is 1. The van der Waals surface area contributed by atoms with E-state index in [1.807, 2.05) is 0 Å². The van der Waals surface area contributed by atoms with Crippen LogP contribution in [0.1, 0.15) is 32.6 Å². The summed E-state index contributed by atoms with van der Waals surface area (Å²) in [7, 11) is -3.60. The number of hydrogen-bond acceptors (Lipinski definition) is 4. The lowest BCUT2D eigenvalue weighted by atomic mass is 9.97. The van der Waals surface area contributed by atoms with E-state index in [-0.39, 0.29) is 10.6 Å². The summed E-state index contributed by atoms with van der Waals surface area (Å²) >= 11 is 0. The van der Waals surface area contributed by atoms with Gasteiger partial charge in [-0.1, -0.05) is 6.92 Å². The Morgan fingerprint density at radius 2 is 1.61 bits per heavy atom. The van der Waals surface area contributed by atoms with Crippen LogP contribution in [0, 0.1) is 17.8 Å². The van der Waals surface area contributed by atoms with Crippen molar-refractivity contribution in [1.82, 2.24) is 9.21 Å². The minimum absolute atomic E-state index is 0.0362. The van der Waals surface area contributed by atoms with Crippen molar-refractivity contribution < 1.29 is 21.9 Å². The third-order valence-electron chi connectivity index (χ3n) is 6.71. The van der Waals surface area contributed by atoms with E-state index in [1.54, 1.807) is 4.31 Å². The third kappa shape index (κ3) is 4.04. The normalized spacial score (nSPS) is 28.1. The Hall–Kier alpha value is -1.25. The molecule has 2 aliphatic heterocycles. The fourth-order valence-electron chi connectivity index (χ4n) is 5.06. The zero-order valence-corrected chi connectivity index (χ0v) is 17.0. The van der Waals surface area contributed by atoms with E-state index in [9.17, 15) is 17.2 Å². The minimum Gasteiger partial charge on any atom is -0.435 e. The van der Waals surface area contributed by atoms with Crippen LogP contribution in [0.4, 0.5) is 8.78 Å². The molecule has 28 heavy (non-hydrogen) atoms. The van der Waals surface area contributed by atoms with Gasteiger partial charge in [0, 0.05) is 19.1 Å². The molecule has 156 valence electrons. The van der Waals surface area contributed by atoms with Crippen LogP contribution in [0.2, 0.25) is 0 Å². The zero-order valence-electron chi connectivity index (χ0n) is 16.1. The molecule has 2 heterocycles. The standard InChI is InChI=1S/C20H28F2N2O3S/c1-14-6-8-23(9-7-14)17-10-15-12-24(13-16(15)11-17)28(25,26)19-4-2-18(3-5-19)27-20(21)22/h2-5,14-17,20H,6-13H2,1H3/t15-,16-/m1/s1. The van der Waals surface area contributed by atoms with Crippen LogP contribution in [0.25, 0.3) is 0 Å². The van der Waals surface area contributed by atoms with Crippen LogP contribution in [-0.2, 0) is 10.0 Å². The van der Waals surface area contributed by atoms with Gasteiger partial charge in [-0.2, -0.15) is 13.1 Å². The number of fused-ring (bicyclic) bond motifs is 1. The van der Waals surface area contributed by atoms with Crippen LogP contribution in [0.15, 0.2) is 29.2 Å². The second-order valence-corrected chi connectivity index (χ2v) is 10.5. The van der Waals surface area contributed by atoms with Gasteiger partial charge in [0.2, 0.25) is 10.0 Å². The Morgan fingerprint density at radius 1 is 1.04 bits per heavy atom. The summed E-state index contributed by atoms with van der Waals surface area (Å²) in [4.78, 5) is 2.74. The molecule has 2 atom stereocenters. The van der Waals surface area contributed by atoms with Crippen LogP contribution in [0.3, 0.4) is 0 Å². The molecule has 0 amide bonds. The van der Waals surface area contributed by atoms with Gasteiger partial charge in [0.05, 0.1) is 4.90 Å². The number of alkyl halides is 2. The maximum absolute atomic E-state index is 12.9. The SMILES string of the molecule is CC1CCN(C2C[C@@H]3CN(S(=O)(=O)c4ccc(OC(F)F)cc4)C[C@H]3C2)CC1. The summed E-state index contributed by atoms with van der Waals surface area (Å²) in [5.41, 5.74) is 0. The maximum atomic E-state index is 12.9. The Kier molecular flexibility index (Phi) is 5.64. The highest BCUT2D eigenvalue weighted by Gasteiger charge is 2.46. The number of benzene rings is 1. The summed E-state index contributed by atoms with van der Waals surface area (Å²) in [5, 5.41) is 0. The molecule has 1 aromatic rings. The molecular formula is C20H28F2N2O3S. The van der Waals surface area contributed by atoms with Crippen molar-refractivity contribution in [2.24, 2.45) is 17.8 Å². The number of halogens is 2. The van der Waals surface area contributed by atoms with Gasteiger partial charge in [0.1, 0.15) is 5.75 Å². The molecule has 2 saturated heterocycles. The lowest BCUT2D eigenvalue weighted by Crippen LogP contribution is -2.41. The smallest absolute Gasteiger partial charge is 0.387 e. The summed E-state index contributed by atoms with van der Waals surface area (Å²) in [6.07, 6.45) is 4.67. The average Bonchev–Trinajstić information content (AvgIpc) is 3.22. The van der Waals surface area contributed by atoms with E-state index >= 15 is 0 Å². The average molecular weight is 415 g/mol. The molecule has 5 nitrogen and oxygen atoms in total. The lowest BCUT2D eigenvalue weighted by Gasteiger charge is -2.35. The van der Waals surface area contributed by atoms with Crippen molar-refractivity contribution in [1.29, 1.82) is 0 Å². The number of sulfonamides is 1. The van der Waals surface area contributed by atoms with Crippen molar-refractivity contribution in [2.75, 3.05) is 26.2 Å². The Bertz CT molecular complexity index is 765. The molecule has 0 radical (unpaired) electrons. The van der Waals surface area contributed by atoms with E-state index < -0.39 is 16.6 Å². The van der Waals surface area contributed by atoms with Gasteiger partial charge in [-0.15, -0.1) is 0 Å². The zero-order chi connectivity index (χ0) is 19.9. The first-order chi connectivity index (χ1) is 13.3. The maximum Gasteiger partial charge on any atom is 0.387 e. The summed E-state index contributed by atoms with van der Waals surface area (Å²) in [6, 6.07) is 5.85. The monoisotopic (exact) mass is 414 g/mol. The number of ether oxygens (including phenoxy) is 1. The molecule has 3 fully saturated rings. The molecule has 0 aromatic heterocycles. The Labute approximate surface area is 165 Å². The minimum atomic E-state index is -3.60. The largest absolute Gasteiger partial charge is 0.435 e. The number of piperidine rings is 1. The predicted octanol–water partition coefficient (Wildman–Crippen LogP) is 3.42. The van der Waals surface area contributed by atoms with Crippen LogP contribution < -0.4 is 4.74 Å². The molecule has 3 aliphatic rings. The van der Waals surface area contributed by atoms with Gasteiger partial charge in [0.25, 0.3) is 0 Å².